The number of urea groups is 1. The molecule has 24 heteroatoms. The first kappa shape index (κ1) is 34.6. The van der Waals surface area contributed by atoms with Crippen LogP contribution < -0.4 is 14.8 Å². The third-order valence-corrected chi connectivity index (χ3v) is 7.38. The number of nitrogens with one attached hydrogen (secondary N) is 2. The van der Waals surface area contributed by atoms with Gasteiger partial charge < -0.3 is 14.8 Å². The highest BCUT2D eigenvalue weighted by molar-refractivity contribution is 7.92. The van der Waals surface area contributed by atoms with E-state index in [4.69, 9.17) is 0 Å². The highest BCUT2D eigenvalue weighted by Crippen LogP contribution is 2.55. The van der Waals surface area contributed by atoms with Gasteiger partial charge in [-0.25, -0.2) is 22.0 Å². The summed E-state index contributed by atoms with van der Waals surface area (Å²) in [4.78, 5) is 10.7. The van der Waals surface area contributed by atoms with Gasteiger partial charge in [-0.3, -0.25) is 0 Å². The summed E-state index contributed by atoms with van der Waals surface area (Å²) in [6.45, 7) is 0. The maximum absolute atomic E-state index is 14.2. The van der Waals surface area contributed by atoms with Crippen LogP contribution in [0.3, 0.4) is 0 Å². The molecule has 2 aromatic carbocycles. The van der Waals surface area contributed by atoms with Gasteiger partial charge in [-0.05, 0) is 24.3 Å². The van der Waals surface area contributed by atoms with Crippen molar-refractivity contribution in [3.05, 3.63) is 48.0 Å². The Morgan fingerprint density at radius 3 is 1.50 bits per heavy atom. The van der Waals surface area contributed by atoms with Crippen LogP contribution in [0, 0.1) is 11.6 Å². The first-order valence-electron chi connectivity index (χ1n) is 9.73. The topological polar surface area (TPSA) is 119 Å². The number of benzene rings is 2. The average Bonchev–Trinajstić information content (AvgIpc) is 2.80. The fourth-order valence-electron chi connectivity index (χ4n) is 2.54. The molecule has 2 N–H and O–H groups in total. The lowest BCUT2D eigenvalue weighted by molar-refractivity contribution is -0.382. The summed E-state index contributed by atoms with van der Waals surface area (Å²) < 4.78 is 231. The molecule has 0 atom stereocenters. The largest absolute Gasteiger partial charge is 0.501 e. The van der Waals surface area contributed by atoms with Crippen LogP contribution in [0.2, 0.25) is 0 Å². The Labute approximate surface area is 223 Å². The predicted molar refractivity (Wildman–Crippen MR) is 109 cm³/mol. The zero-order valence-electron chi connectivity index (χ0n) is 19.0. The van der Waals surface area contributed by atoms with Gasteiger partial charge in [-0.15, -0.1) is 0 Å². The Hall–Kier alpha value is -3.57. The van der Waals surface area contributed by atoms with Crippen LogP contribution in [0.5, 0.6) is 5.75 Å². The van der Waals surface area contributed by atoms with Crippen molar-refractivity contribution in [2.45, 2.75) is 33.7 Å². The van der Waals surface area contributed by atoms with E-state index in [0.29, 0.717) is 24.3 Å². The fraction of sp³-hybridized carbons (Fsp3) is 0.278. The van der Waals surface area contributed by atoms with Crippen LogP contribution in [-0.4, -0.2) is 51.7 Å². The van der Waals surface area contributed by atoms with Crippen LogP contribution >= 0.6 is 0 Å². The third kappa shape index (κ3) is 6.12. The summed E-state index contributed by atoms with van der Waals surface area (Å²) in [5, 5.41) is -4.03. The van der Waals surface area contributed by atoms with Crippen LogP contribution in [-0.2, 0) is 20.0 Å². The molecule has 2 rings (SSSR count). The van der Waals surface area contributed by atoms with E-state index >= 15 is 0 Å². The predicted octanol–water partition coefficient (Wildman–Crippen LogP) is 6.04. The van der Waals surface area contributed by atoms with Gasteiger partial charge in [0, 0.05) is 23.5 Å². The molecule has 0 unspecified atom stereocenters. The number of carbonyl (C=O) groups excluding carboxylic acids is 1. The number of carbonyl (C=O) groups is 1. The van der Waals surface area contributed by atoms with Gasteiger partial charge in [0.05, 0.1) is 4.90 Å². The van der Waals surface area contributed by atoms with Gasteiger partial charge in [0.15, 0.2) is 11.6 Å². The number of hydrogen-bond acceptors (Lipinski definition) is 6. The molecule has 0 heterocycles. The smallest absolute Gasteiger partial charge is 0.372 e. The lowest BCUT2D eigenvalue weighted by Crippen LogP contribution is -2.63. The van der Waals surface area contributed by atoms with E-state index < -0.39 is 88.4 Å². The van der Waals surface area contributed by atoms with Crippen molar-refractivity contribution in [1.82, 2.24) is 0 Å². The molecule has 236 valence electrons. The van der Waals surface area contributed by atoms with Crippen molar-refractivity contribution in [2.24, 2.45) is 0 Å². The van der Waals surface area contributed by atoms with Gasteiger partial charge in [0.1, 0.15) is 0 Å². The quantitative estimate of drug-likeness (QED) is 0.260. The standard InChI is InChI=1S/C18H8F14N2O6S2/c19-10-5-8(34-13(35)33-7-1-3-9(4-2-7)41(36,37)18(30,31)32)6-11(20)12(10)40-42(38,39)17(28,29)15(23,24)14(21,22)16(25,26)27/h1-6H,(H2,33,34,35). The second-order valence-electron chi connectivity index (χ2n) is 7.52. The molecule has 2 aromatic rings. The SMILES string of the molecule is O=C(Nc1ccc(S(=O)(=O)C(F)(F)F)cc1)Nc1cc(F)c(OS(=O)(=O)C(F)(F)C(F)(F)C(F)(F)C(F)(F)F)c(F)c1. The van der Waals surface area contributed by atoms with Crippen molar-refractivity contribution in [3.8, 4) is 5.75 Å². The summed E-state index contributed by atoms with van der Waals surface area (Å²) >= 11 is 0. The minimum Gasteiger partial charge on any atom is -0.372 e. The molecule has 0 bridgehead atoms. The summed E-state index contributed by atoms with van der Waals surface area (Å²) in [6, 6.07) is 0.253. The van der Waals surface area contributed by atoms with Gasteiger partial charge in [0.25, 0.3) is 9.84 Å². The number of alkyl halides is 12. The van der Waals surface area contributed by atoms with E-state index in [9.17, 15) is 83.1 Å². The van der Waals surface area contributed by atoms with Crippen LogP contribution in [0.15, 0.2) is 41.3 Å². The molecule has 0 saturated carbocycles. The molecular formula is C18H8F14N2O6S2. The Bertz CT molecular complexity index is 1550. The zero-order valence-corrected chi connectivity index (χ0v) is 20.7. The first-order valence-corrected chi connectivity index (χ1v) is 12.6. The maximum atomic E-state index is 14.2. The van der Waals surface area contributed by atoms with Crippen molar-refractivity contribution in [3.63, 3.8) is 0 Å². The fourth-order valence-corrected chi connectivity index (χ4v) is 4.22. The first-order chi connectivity index (χ1) is 18.6. The zero-order chi connectivity index (χ0) is 32.9. The molecule has 0 saturated heterocycles. The van der Waals surface area contributed by atoms with Crippen molar-refractivity contribution < 1.29 is 87.3 Å². The van der Waals surface area contributed by atoms with E-state index in [2.05, 4.69) is 4.18 Å². The highest BCUT2D eigenvalue weighted by Gasteiger charge is 2.86. The highest BCUT2D eigenvalue weighted by atomic mass is 32.2. The number of rotatable bonds is 8. The molecule has 0 aliphatic carbocycles. The average molecular weight is 678 g/mol. The van der Waals surface area contributed by atoms with Crippen LogP contribution in [0.25, 0.3) is 0 Å². The summed E-state index contributed by atoms with van der Waals surface area (Å²) in [5.74, 6) is -22.8. The lowest BCUT2D eigenvalue weighted by atomic mass is 10.1. The van der Waals surface area contributed by atoms with E-state index in [-0.39, 0.29) is 12.1 Å². The Morgan fingerprint density at radius 1 is 0.667 bits per heavy atom. The third-order valence-electron chi connectivity index (χ3n) is 4.61. The molecule has 8 nitrogen and oxygen atoms in total. The Balaban J connectivity index is 2.27. The van der Waals surface area contributed by atoms with E-state index in [0.717, 1.165) is 0 Å². The Morgan fingerprint density at radius 2 is 1.10 bits per heavy atom. The van der Waals surface area contributed by atoms with Gasteiger partial charge in [-0.1, -0.05) is 0 Å². The van der Waals surface area contributed by atoms with Crippen molar-refractivity contribution >= 4 is 37.4 Å². The molecule has 42 heavy (non-hydrogen) atoms. The van der Waals surface area contributed by atoms with Crippen LogP contribution in [0.4, 0.5) is 77.6 Å². The van der Waals surface area contributed by atoms with E-state index in [1.54, 1.807) is 5.32 Å². The number of halogens is 14. The minimum atomic E-state index is -7.77. The van der Waals surface area contributed by atoms with E-state index in [1.807, 2.05) is 5.32 Å². The molecule has 0 fully saturated rings. The molecule has 2 amide bonds. The second-order valence-corrected chi connectivity index (χ2v) is 11.1. The number of amides is 2. The number of hydrogen-bond donors (Lipinski definition) is 2. The van der Waals surface area contributed by atoms with E-state index in [1.165, 1.54) is 0 Å². The van der Waals surface area contributed by atoms with Crippen LogP contribution in [0.1, 0.15) is 0 Å². The lowest BCUT2D eigenvalue weighted by Gasteiger charge is -2.32. The van der Waals surface area contributed by atoms with Gasteiger partial charge >= 0.3 is 44.9 Å². The van der Waals surface area contributed by atoms with Gasteiger partial charge in [-0.2, -0.15) is 61.1 Å². The molecule has 0 aliphatic rings. The number of sulfone groups is 1. The second kappa shape index (κ2) is 10.6. The van der Waals surface area contributed by atoms with Crippen molar-refractivity contribution in [1.29, 1.82) is 0 Å². The molecule has 0 aliphatic heterocycles. The summed E-state index contributed by atoms with van der Waals surface area (Å²) in [6.07, 6.45) is -7.43. The van der Waals surface area contributed by atoms with Gasteiger partial charge in [0.2, 0.25) is 5.75 Å². The molecule has 0 aromatic heterocycles. The monoisotopic (exact) mass is 678 g/mol. The minimum absolute atomic E-state index is 0.146. The maximum Gasteiger partial charge on any atom is 0.501 e. The Kier molecular flexibility index (Phi) is 8.75. The normalized spacial score (nSPS) is 14.0. The molecule has 0 radical (unpaired) electrons. The summed E-state index contributed by atoms with van der Waals surface area (Å²) in [7, 11) is -13.5. The summed E-state index contributed by atoms with van der Waals surface area (Å²) in [5.41, 5.74) is -7.16. The molecule has 0 spiro atoms. The number of anilines is 2. The van der Waals surface area contributed by atoms with Crippen molar-refractivity contribution in [2.75, 3.05) is 10.6 Å². The molecular weight excluding hydrogens is 670 g/mol.